The number of hydrogen-bond donors (Lipinski definition) is 2. The van der Waals surface area contributed by atoms with Crippen molar-refractivity contribution in [1.29, 1.82) is 0 Å². The maximum Gasteiger partial charge on any atom is 0.461 e. The minimum absolute atomic E-state index is 0.118. The maximum absolute atomic E-state index is 12.6. The summed E-state index contributed by atoms with van der Waals surface area (Å²) in [6.45, 7) is 0. The van der Waals surface area contributed by atoms with Crippen LogP contribution in [-0.2, 0) is 5.92 Å². The number of nitrogens with zero attached hydrogens (tertiary/aromatic N) is 3. The molecule has 0 aliphatic rings. The number of nitrogens with two attached hydrogens (primary N) is 2. The van der Waals surface area contributed by atoms with E-state index in [2.05, 4.69) is 10.2 Å². The van der Waals surface area contributed by atoms with Crippen LogP contribution >= 0.6 is 0 Å². The highest BCUT2D eigenvalue weighted by Crippen LogP contribution is 2.42. The lowest BCUT2D eigenvalue weighted by molar-refractivity contribution is -0.293. The average Bonchev–Trinajstić information content (AvgIpc) is 2.30. The molecule has 0 atom stereocenters. The number of anilines is 1. The zero-order valence-corrected chi connectivity index (χ0v) is 6.39. The zero-order valence-electron chi connectivity index (χ0n) is 6.39. The highest BCUT2D eigenvalue weighted by molar-refractivity contribution is 5.20. The van der Waals surface area contributed by atoms with Gasteiger partial charge in [0.25, 0.3) is 0 Å². The molecule has 0 unspecified atom stereocenters. The lowest BCUT2D eigenvalue weighted by Gasteiger charge is -2.17. The van der Waals surface area contributed by atoms with Gasteiger partial charge in [-0.1, -0.05) is 0 Å². The topological polar surface area (TPSA) is 82.8 Å². The summed E-state index contributed by atoms with van der Waals surface area (Å²) in [5, 5.41) is 5.33. The summed E-state index contributed by atoms with van der Waals surface area (Å²) in [4.78, 5) is 0. The smallest absolute Gasteiger partial charge is 0.366 e. The summed E-state index contributed by atoms with van der Waals surface area (Å²) >= 11 is 0. The van der Waals surface area contributed by atoms with Crippen LogP contribution in [-0.4, -0.2) is 21.0 Å². The SMILES string of the molecule is Nc1nnc(C(F)(F)C(F)(F)F)n1N. The van der Waals surface area contributed by atoms with Crippen molar-refractivity contribution in [2.24, 2.45) is 0 Å². The molecule has 0 saturated heterocycles. The number of aromatic nitrogens is 3. The highest BCUT2D eigenvalue weighted by atomic mass is 19.4. The molecular formula is C4H4F5N5. The molecule has 1 heterocycles. The fourth-order valence-electron chi connectivity index (χ4n) is 0.644. The van der Waals surface area contributed by atoms with E-state index in [0.29, 0.717) is 0 Å². The number of halogens is 5. The normalized spacial score (nSPS) is 13.2. The summed E-state index contributed by atoms with van der Waals surface area (Å²) in [5.74, 6) is -2.88. The molecule has 0 bridgehead atoms. The van der Waals surface area contributed by atoms with Gasteiger partial charge in [-0.3, -0.25) is 0 Å². The molecule has 0 aromatic carbocycles. The third-order valence-electron chi connectivity index (χ3n) is 1.36. The van der Waals surface area contributed by atoms with Crippen LogP contribution in [0, 0.1) is 0 Å². The molecule has 0 radical (unpaired) electrons. The first-order valence-corrected chi connectivity index (χ1v) is 3.09. The minimum atomic E-state index is -5.79. The maximum atomic E-state index is 12.6. The van der Waals surface area contributed by atoms with Crippen molar-refractivity contribution < 1.29 is 22.0 Å². The third-order valence-corrected chi connectivity index (χ3v) is 1.36. The van der Waals surface area contributed by atoms with Gasteiger partial charge in [-0.15, -0.1) is 10.2 Å². The first kappa shape index (κ1) is 10.5. The Kier molecular flexibility index (Phi) is 2.01. The van der Waals surface area contributed by atoms with Crippen LogP contribution in [0.1, 0.15) is 5.82 Å². The molecule has 1 aromatic heterocycles. The van der Waals surface area contributed by atoms with E-state index in [9.17, 15) is 22.0 Å². The van der Waals surface area contributed by atoms with Crippen molar-refractivity contribution in [3.05, 3.63) is 5.82 Å². The lowest BCUT2D eigenvalue weighted by Crippen LogP contribution is -2.38. The van der Waals surface area contributed by atoms with E-state index in [-0.39, 0.29) is 4.68 Å². The Bertz CT molecular complexity index is 340. The van der Waals surface area contributed by atoms with Crippen LogP contribution in [0.5, 0.6) is 0 Å². The summed E-state index contributed by atoms with van der Waals surface area (Å²) in [6, 6.07) is 0. The van der Waals surface area contributed by atoms with Crippen LogP contribution in [0.4, 0.5) is 27.9 Å². The van der Waals surface area contributed by atoms with Crippen molar-refractivity contribution in [2.45, 2.75) is 12.1 Å². The Morgan fingerprint density at radius 1 is 1.07 bits per heavy atom. The van der Waals surface area contributed by atoms with E-state index in [4.69, 9.17) is 11.6 Å². The predicted molar refractivity (Wildman–Crippen MR) is 34.5 cm³/mol. The van der Waals surface area contributed by atoms with E-state index in [0.717, 1.165) is 0 Å². The number of alkyl halides is 5. The van der Waals surface area contributed by atoms with Crippen LogP contribution in [0.2, 0.25) is 0 Å². The van der Waals surface area contributed by atoms with Crippen LogP contribution in [0.15, 0.2) is 0 Å². The van der Waals surface area contributed by atoms with Gasteiger partial charge >= 0.3 is 12.1 Å². The summed E-state index contributed by atoms with van der Waals surface area (Å²) in [6.07, 6.45) is -5.79. The monoisotopic (exact) mass is 217 g/mol. The first-order valence-electron chi connectivity index (χ1n) is 3.09. The van der Waals surface area contributed by atoms with E-state index < -0.39 is 23.9 Å². The molecule has 0 saturated carbocycles. The molecule has 0 spiro atoms. The van der Waals surface area contributed by atoms with Gasteiger partial charge in [-0.2, -0.15) is 22.0 Å². The fourth-order valence-corrected chi connectivity index (χ4v) is 0.644. The Balaban J connectivity index is 3.23. The molecule has 4 N–H and O–H groups in total. The number of hydrogen-bond acceptors (Lipinski definition) is 4. The molecule has 1 rings (SSSR count). The summed E-state index contributed by atoms with van der Waals surface area (Å²) in [5.41, 5.74) is 4.84. The molecule has 80 valence electrons. The largest absolute Gasteiger partial charge is 0.461 e. The molecule has 0 aliphatic heterocycles. The van der Waals surface area contributed by atoms with Gasteiger partial charge in [-0.05, 0) is 0 Å². The van der Waals surface area contributed by atoms with Crippen LogP contribution < -0.4 is 11.6 Å². The van der Waals surface area contributed by atoms with Crippen molar-refractivity contribution >= 4 is 5.95 Å². The molecule has 14 heavy (non-hydrogen) atoms. The minimum Gasteiger partial charge on any atom is -0.366 e. The standard InChI is InChI=1S/C4H4F5N5/c5-3(6,4(7,8)9)1-12-13-2(10)14(1)11/h11H2,(H2,10,13). The molecule has 10 heteroatoms. The van der Waals surface area contributed by atoms with Crippen molar-refractivity contribution in [3.63, 3.8) is 0 Å². The Morgan fingerprint density at radius 3 is 1.86 bits per heavy atom. The summed E-state index contributed by atoms with van der Waals surface area (Å²) in [7, 11) is 0. The van der Waals surface area contributed by atoms with Gasteiger partial charge in [-0.25, -0.2) is 4.68 Å². The van der Waals surface area contributed by atoms with E-state index in [1.54, 1.807) is 0 Å². The number of nitrogen functional groups attached to an aromatic ring is 2. The Labute approximate surface area is 73.5 Å². The summed E-state index contributed by atoms with van der Waals surface area (Å²) < 4.78 is 60.3. The van der Waals surface area contributed by atoms with E-state index in [1.807, 2.05) is 0 Å². The highest BCUT2D eigenvalue weighted by Gasteiger charge is 2.62. The van der Waals surface area contributed by atoms with Crippen molar-refractivity contribution in [3.8, 4) is 0 Å². The van der Waals surface area contributed by atoms with Gasteiger partial charge in [0, 0.05) is 0 Å². The second kappa shape index (κ2) is 2.69. The Morgan fingerprint density at radius 2 is 1.57 bits per heavy atom. The van der Waals surface area contributed by atoms with Crippen LogP contribution in [0.25, 0.3) is 0 Å². The molecule has 1 aromatic rings. The van der Waals surface area contributed by atoms with Crippen molar-refractivity contribution in [2.75, 3.05) is 11.6 Å². The van der Waals surface area contributed by atoms with E-state index in [1.165, 1.54) is 0 Å². The zero-order chi connectivity index (χ0) is 11.1. The Hall–Kier alpha value is -1.61. The molecule has 0 fully saturated rings. The second-order valence-corrected chi connectivity index (χ2v) is 2.32. The number of rotatable bonds is 1. The molecular weight excluding hydrogens is 213 g/mol. The average molecular weight is 217 g/mol. The van der Waals surface area contributed by atoms with Crippen molar-refractivity contribution in [1.82, 2.24) is 14.9 Å². The fraction of sp³-hybridized carbons (Fsp3) is 0.500. The molecule has 5 nitrogen and oxygen atoms in total. The van der Waals surface area contributed by atoms with Gasteiger partial charge in [0.2, 0.25) is 11.8 Å². The van der Waals surface area contributed by atoms with Gasteiger partial charge in [0.1, 0.15) is 0 Å². The predicted octanol–water partition coefficient (Wildman–Crippen LogP) is 0.228. The third kappa shape index (κ3) is 1.32. The van der Waals surface area contributed by atoms with Gasteiger partial charge in [0.15, 0.2) is 0 Å². The lowest BCUT2D eigenvalue weighted by atomic mass is 10.3. The van der Waals surface area contributed by atoms with E-state index >= 15 is 0 Å². The molecule has 0 amide bonds. The molecule has 0 aliphatic carbocycles. The first-order chi connectivity index (χ1) is 6.18. The van der Waals surface area contributed by atoms with Crippen LogP contribution in [0.3, 0.4) is 0 Å². The van der Waals surface area contributed by atoms with Gasteiger partial charge in [0.05, 0.1) is 0 Å². The second-order valence-electron chi connectivity index (χ2n) is 2.32. The quantitative estimate of drug-likeness (QED) is 0.521. The van der Waals surface area contributed by atoms with Gasteiger partial charge < -0.3 is 11.6 Å².